The van der Waals surface area contributed by atoms with Gasteiger partial charge in [0.25, 0.3) is 0 Å². The summed E-state index contributed by atoms with van der Waals surface area (Å²) in [6.45, 7) is 3.59. The average molecular weight is 326 g/mol. The lowest BCUT2D eigenvalue weighted by atomic mass is 10.3. The Balaban J connectivity index is 1.59. The minimum absolute atomic E-state index is 0.0656. The van der Waals surface area contributed by atoms with Crippen molar-refractivity contribution in [2.75, 3.05) is 31.1 Å². The molecule has 1 aliphatic heterocycles. The van der Waals surface area contributed by atoms with Crippen LogP contribution in [0.15, 0.2) is 16.5 Å². The third kappa shape index (κ3) is 3.89. The van der Waals surface area contributed by atoms with Gasteiger partial charge in [0.15, 0.2) is 9.84 Å². The van der Waals surface area contributed by atoms with E-state index in [-0.39, 0.29) is 17.4 Å². The summed E-state index contributed by atoms with van der Waals surface area (Å²) < 4.78 is 28.5. The van der Waals surface area contributed by atoms with E-state index in [1.54, 1.807) is 0 Å². The molecule has 0 N–H and O–H groups in total. The van der Waals surface area contributed by atoms with Crippen LogP contribution in [0.1, 0.15) is 24.4 Å². The number of furan rings is 1. The molecule has 1 amide bonds. The van der Waals surface area contributed by atoms with Crippen LogP contribution in [0.4, 0.5) is 0 Å². The molecule has 0 radical (unpaired) electrons. The van der Waals surface area contributed by atoms with Gasteiger partial charge in [-0.25, -0.2) is 8.42 Å². The van der Waals surface area contributed by atoms with E-state index < -0.39 is 9.84 Å². The van der Waals surface area contributed by atoms with E-state index in [0.29, 0.717) is 32.2 Å². The van der Waals surface area contributed by atoms with Gasteiger partial charge in [0.05, 0.1) is 24.6 Å². The maximum Gasteiger partial charge on any atom is 0.237 e. The Morgan fingerprint density at radius 2 is 2.00 bits per heavy atom. The number of amides is 1. The second-order valence-electron chi connectivity index (χ2n) is 6.19. The Hall–Kier alpha value is -1.34. The van der Waals surface area contributed by atoms with Gasteiger partial charge in [0.1, 0.15) is 11.5 Å². The highest BCUT2D eigenvalue weighted by atomic mass is 32.2. The van der Waals surface area contributed by atoms with Crippen molar-refractivity contribution in [3.05, 3.63) is 23.7 Å². The molecule has 7 heteroatoms. The van der Waals surface area contributed by atoms with E-state index >= 15 is 0 Å². The minimum atomic E-state index is -2.90. The lowest BCUT2D eigenvalue weighted by Crippen LogP contribution is -2.46. The van der Waals surface area contributed by atoms with Gasteiger partial charge in [-0.2, -0.15) is 0 Å². The van der Waals surface area contributed by atoms with E-state index in [4.69, 9.17) is 4.42 Å². The van der Waals surface area contributed by atoms with Crippen molar-refractivity contribution in [2.24, 2.45) is 0 Å². The maximum atomic E-state index is 12.6. The van der Waals surface area contributed by atoms with Crippen LogP contribution in [-0.4, -0.2) is 61.3 Å². The zero-order valence-electron chi connectivity index (χ0n) is 12.8. The molecular formula is C15H22N2O4S. The van der Waals surface area contributed by atoms with Crippen molar-refractivity contribution in [2.45, 2.75) is 32.4 Å². The molecule has 3 rings (SSSR count). The van der Waals surface area contributed by atoms with E-state index in [0.717, 1.165) is 24.4 Å². The van der Waals surface area contributed by atoms with Gasteiger partial charge >= 0.3 is 0 Å². The minimum Gasteiger partial charge on any atom is -0.464 e. The quantitative estimate of drug-likeness (QED) is 0.801. The number of sulfone groups is 1. The standard InChI is InChI=1S/C15H22N2O4S/c1-12-2-5-14(21-12)10-17(13-3-4-13)15(18)11-16-6-8-22(19,20)9-7-16/h2,5,13H,3-4,6-11H2,1H3. The molecule has 6 nitrogen and oxygen atoms in total. The average Bonchev–Trinajstić information content (AvgIpc) is 3.21. The van der Waals surface area contributed by atoms with E-state index in [9.17, 15) is 13.2 Å². The number of rotatable bonds is 5. The number of hydrogen-bond acceptors (Lipinski definition) is 5. The molecule has 2 aliphatic rings. The van der Waals surface area contributed by atoms with Crippen molar-refractivity contribution >= 4 is 15.7 Å². The van der Waals surface area contributed by atoms with Crippen molar-refractivity contribution in [1.82, 2.24) is 9.80 Å². The molecule has 1 saturated carbocycles. The Labute approximate surface area is 131 Å². The fourth-order valence-electron chi connectivity index (χ4n) is 2.74. The zero-order chi connectivity index (χ0) is 15.7. The Morgan fingerprint density at radius 3 is 2.55 bits per heavy atom. The van der Waals surface area contributed by atoms with Crippen LogP contribution in [0.5, 0.6) is 0 Å². The van der Waals surface area contributed by atoms with Gasteiger partial charge in [-0.3, -0.25) is 9.69 Å². The fraction of sp³-hybridized carbons (Fsp3) is 0.667. The number of nitrogens with zero attached hydrogens (tertiary/aromatic N) is 2. The molecule has 1 aliphatic carbocycles. The highest BCUT2D eigenvalue weighted by Gasteiger charge is 2.34. The Kier molecular flexibility index (Phi) is 4.27. The number of carbonyl (C=O) groups is 1. The summed E-state index contributed by atoms with van der Waals surface area (Å²) >= 11 is 0. The molecule has 1 aromatic rings. The first-order valence-electron chi connectivity index (χ1n) is 7.70. The molecule has 0 aromatic carbocycles. The Bertz CT molecular complexity index is 634. The highest BCUT2D eigenvalue weighted by molar-refractivity contribution is 7.91. The molecule has 0 unspecified atom stereocenters. The van der Waals surface area contributed by atoms with Crippen molar-refractivity contribution < 1.29 is 17.6 Å². The molecule has 0 spiro atoms. The van der Waals surface area contributed by atoms with E-state index in [2.05, 4.69) is 0 Å². The largest absolute Gasteiger partial charge is 0.464 e. The number of carbonyl (C=O) groups excluding carboxylic acids is 1. The second-order valence-corrected chi connectivity index (χ2v) is 8.50. The van der Waals surface area contributed by atoms with Crippen molar-refractivity contribution in [1.29, 1.82) is 0 Å². The predicted molar refractivity (Wildman–Crippen MR) is 82.1 cm³/mol. The van der Waals surface area contributed by atoms with Gasteiger partial charge in [-0.1, -0.05) is 0 Å². The Morgan fingerprint density at radius 1 is 1.32 bits per heavy atom. The van der Waals surface area contributed by atoms with E-state index in [1.807, 2.05) is 28.9 Å². The summed E-state index contributed by atoms with van der Waals surface area (Å²) in [7, 11) is -2.90. The van der Waals surface area contributed by atoms with E-state index in [1.165, 1.54) is 0 Å². The lowest BCUT2D eigenvalue weighted by Gasteiger charge is -2.29. The first kappa shape index (κ1) is 15.6. The third-order valence-electron chi connectivity index (χ3n) is 4.23. The van der Waals surface area contributed by atoms with Crippen LogP contribution in [0.25, 0.3) is 0 Å². The summed E-state index contributed by atoms with van der Waals surface area (Å²) in [4.78, 5) is 16.4. The molecule has 1 saturated heterocycles. The topological polar surface area (TPSA) is 70.8 Å². The van der Waals surface area contributed by atoms with Crippen LogP contribution in [-0.2, 0) is 21.2 Å². The normalized spacial score (nSPS) is 21.7. The molecule has 0 bridgehead atoms. The van der Waals surface area contributed by atoms with Gasteiger partial charge in [0.2, 0.25) is 5.91 Å². The molecule has 1 aromatic heterocycles. The molecule has 22 heavy (non-hydrogen) atoms. The first-order valence-corrected chi connectivity index (χ1v) is 9.53. The summed E-state index contributed by atoms with van der Waals surface area (Å²) in [5.74, 6) is 2.02. The fourth-order valence-corrected chi connectivity index (χ4v) is 4.01. The monoisotopic (exact) mass is 326 g/mol. The van der Waals surface area contributed by atoms with Crippen LogP contribution >= 0.6 is 0 Å². The molecular weight excluding hydrogens is 304 g/mol. The summed E-state index contributed by atoms with van der Waals surface area (Å²) in [6, 6.07) is 4.12. The van der Waals surface area contributed by atoms with Gasteiger partial charge < -0.3 is 9.32 Å². The molecule has 2 heterocycles. The number of hydrogen-bond donors (Lipinski definition) is 0. The van der Waals surface area contributed by atoms with Gasteiger partial charge in [0, 0.05) is 19.1 Å². The van der Waals surface area contributed by atoms with Gasteiger partial charge in [-0.05, 0) is 31.9 Å². The molecule has 2 fully saturated rings. The number of aryl methyl sites for hydroxylation is 1. The molecule has 122 valence electrons. The summed E-state index contributed by atoms with van der Waals surface area (Å²) in [6.07, 6.45) is 2.08. The lowest BCUT2D eigenvalue weighted by molar-refractivity contribution is -0.133. The van der Waals surface area contributed by atoms with Gasteiger partial charge in [-0.15, -0.1) is 0 Å². The maximum absolute atomic E-state index is 12.6. The first-order chi connectivity index (χ1) is 10.4. The van der Waals surface area contributed by atoms with Crippen molar-refractivity contribution in [3.63, 3.8) is 0 Å². The SMILES string of the molecule is Cc1ccc(CN(C(=O)CN2CCS(=O)(=O)CC2)C2CC2)o1. The summed E-state index contributed by atoms with van der Waals surface area (Å²) in [5, 5.41) is 0. The van der Waals surface area contributed by atoms with Crippen LogP contribution in [0.2, 0.25) is 0 Å². The molecule has 0 atom stereocenters. The predicted octanol–water partition coefficient (Wildman–Crippen LogP) is 0.809. The summed E-state index contributed by atoms with van der Waals surface area (Å²) in [5.41, 5.74) is 0. The van der Waals surface area contributed by atoms with Crippen LogP contribution in [0, 0.1) is 6.92 Å². The van der Waals surface area contributed by atoms with Crippen LogP contribution < -0.4 is 0 Å². The smallest absolute Gasteiger partial charge is 0.237 e. The van der Waals surface area contributed by atoms with Crippen LogP contribution in [0.3, 0.4) is 0 Å². The third-order valence-corrected chi connectivity index (χ3v) is 5.84. The van der Waals surface area contributed by atoms with Crippen molar-refractivity contribution in [3.8, 4) is 0 Å². The second kappa shape index (κ2) is 6.04. The highest BCUT2D eigenvalue weighted by Crippen LogP contribution is 2.29. The zero-order valence-corrected chi connectivity index (χ0v) is 13.6.